The number of carboxylic acids is 1. The summed E-state index contributed by atoms with van der Waals surface area (Å²) in [7, 11) is 0. The van der Waals surface area contributed by atoms with E-state index in [1.54, 1.807) is 6.92 Å². The minimum atomic E-state index is -1.05. The molecular formula is C21H24N2O4. The van der Waals surface area contributed by atoms with Crippen molar-refractivity contribution in [1.29, 1.82) is 0 Å². The van der Waals surface area contributed by atoms with Crippen LogP contribution in [0.1, 0.15) is 56.6 Å². The Morgan fingerprint density at radius 3 is 2.59 bits per heavy atom. The van der Waals surface area contributed by atoms with Gasteiger partial charge in [-0.3, -0.25) is 4.79 Å². The van der Waals surface area contributed by atoms with E-state index in [0.29, 0.717) is 12.2 Å². The van der Waals surface area contributed by atoms with Gasteiger partial charge in [0.25, 0.3) is 5.91 Å². The Hall–Kier alpha value is -2.73. The number of carboxylic acid groups (broad SMARTS) is 1. The summed E-state index contributed by atoms with van der Waals surface area (Å²) >= 11 is 0. The third-order valence-electron chi connectivity index (χ3n) is 4.92. The van der Waals surface area contributed by atoms with Crippen molar-refractivity contribution in [1.82, 2.24) is 10.3 Å². The molecule has 1 amide bonds. The van der Waals surface area contributed by atoms with Crippen molar-refractivity contribution in [3.8, 4) is 0 Å². The van der Waals surface area contributed by atoms with Gasteiger partial charge in [-0.1, -0.05) is 29.8 Å². The maximum Gasteiger partial charge on any atom is 0.337 e. The second kappa shape index (κ2) is 8.31. The van der Waals surface area contributed by atoms with Crippen LogP contribution in [0.3, 0.4) is 0 Å². The summed E-state index contributed by atoms with van der Waals surface area (Å²) < 4.78 is 5.98. The van der Waals surface area contributed by atoms with Crippen LogP contribution >= 0.6 is 0 Å². The molecule has 2 N–H and O–H groups in total. The average Bonchev–Trinajstić information content (AvgIpc) is 2.66. The maximum atomic E-state index is 12.4. The topological polar surface area (TPSA) is 88.5 Å². The van der Waals surface area contributed by atoms with Gasteiger partial charge in [0.1, 0.15) is 5.69 Å². The predicted molar refractivity (Wildman–Crippen MR) is 101 cm³/mol. The fraction of sp³-hybridized carbons (Fsp3) is 0.381. The van der Waals surface area contributed by atoms with E-state index < -0.39 is 5.97 Å². The third-order valence-corrected chi connectivity index (χ3v) is 4.92. The molecule has 1 fully saturated rings. The number of aromatic nitrogens is 1. The molecule has 142 valence electrons. The number of aryl methyl sites for hydroxylation is 2. The number of aromatic carboxylic acids is 1. The molecule has 2 aromatic rings. The number of rotatable bonds is 5. The van der Waals surface area contributed by atoms with Gasteiger partial charge in [0, 0.05) is 19.1 Å². The van der Waals surface area contributed by atoms with Crippen LogP contribution in [0.5, 0.6) is 0 Å². The fourth-order valence-electron chi connectivity index (χ4n) is 3.40. The lowest BCUT2D eigenvalue weighted by atomic mass is 9.89. The first-order valence-corrected chi connectivity index (χ1v) is 9.13. The molecule has 0 aliphatic carbocycles. The quantitative estimate of drug-likeness (QED) is 0.845. The summed E-state index contributed by atoms with van der Waals surface area (Å²) in [4.78, 5) is 27.6. The number of amides is 1. The zero-order valence-corrected chi connectivity index (χ0v) is 15.6. The number of carbonyl (C=O) groups is 2. The Kier molecular flexibility index (Phi) is 5.86. The molecule has 2 heterocycles. The van der Waals surface area contributed by atoms with Crippen molar-refractivity contribution in [2.24, 2.45) is 5.92 Å². The normalized spacial score (nSPS) is 19.5. The SMILES string of the molecule is Cc1ccc(C2OCCCC2CNC(=O)c2ccc(C(=O)O)c(C)n2)cc1. The summed E-state index contributed by atoms with van der Waals surface area (Å²) in [5, 5.41) is 12.0. The third kappa shape index (κ3) is 4.52. The number of nitrogens with one attached hydrogen (secondary N) is 1. The van der Waals surface area contributed by atoms with E-state index >= 15 is 0 Å². The minimum absolute atomic E-state index is 0.0382. The summed E-state index contributed by atoms with van der Waals surface area (Å²) in [5.41, 5.74) is 2.98. The molecule has 1 aliphatic rings. The van der Waals surface area contributed by atoms with Gasteiger partial charge in [-0.2, -0.15) is 0 Å². The second-order valence-electron chi connectivity index (χ2n) is 6.95. The van der Waals surface area contributed by atoms with E-state index in [9.17, 15) is 9.59 Å². The first-order chi connectivity index (χ1) is 13.0. The van der Waals surface area contributed by atoms with Gasteiger partial charge < -0.3 is 15.2 Å². The van der Waals surface area contributed by atoms with Gasteiger partial charge in [0.15, 0.2) is 0 Å². The van der Waals surface area contributed by atoms with Crippen LogP contribution in [-0.4, -0.2) is 35.1 Å². The van der Waals surface area contributed by atoms with Crippen molar-refractivity contribution < 1.29 is 19.4 Å². The molecule has 1 aliphatic heterocycles. The summed E-state index contributed by atoms with van der Waals surface area (Å²) in [6, 6.07) is 11.2. The maximum absolute atomic E-state index is 12.4. The van der Waals surface area contributed by atoms with E-state index in [4.69, 9.17) is 9.84 Å². The zero-order valence-electron chi connectivity index (χ0n) is 15.6. The van der Waals surface area contributed by atoms with Crippen LogP contribution in [0.4, 0.5) is 0 Å². The fourth-order valence-corrected chi connectivity index (χ4v) is 3.40. The number of nitrogens with zero attached hydrogens (tertiary/aromatic N) is 1. The van der Waals surface area contributed by atoms with Gasteiger partial charge in [0.2, 0.25) is 0 Å². The smallest absolute Gasteiger partial charge is 0.337 e. The standard InChI is InChI=1S/C21H24N2O4/c1-13-5-7-15(8-6-13)19-16(4-3-11-27-19)12-22-20(24)18-10-9-17(21(25)26)14(2)23-18/h5-10,16,19H,3-4,11-12H2,1-2H3,(H,22,24)(H,25,26). The molecule has 1 aromatic carbocycles. The first-order valence-electron chi connectivity index (χ1n) is 9.13. The highest BCUT2D eigenvalue weighted by atomic mass is 16.5. The van der Waals surface area contributed by atoms with Gasteiger partial charge in [-0.15, -0.1) is 0 Å². The zero-order chi connectivity index (χ0) is 19.4. The van der Waals surface area contributed by atoms with Crippen LogP contribution in [0, 0.1) is 19.8 Å². The molecule has 2 unspecified atom stereocenters. The molecule has 0 spiro atoms. The van der Waals surface area contributed by atoms with Crippen LogP contribution < -0.4 is 5.32 Å². The minimum Gasteiger partial charge on any atom is -0.478 e. The number of hydrogen-bond donors (Lipinski definition) is 2. The second-order valence-corrected chi connectivity index (χ2v) is 6.95. The Labute approximate surface area is 158 Å². The van der Waals surface area contributed by atoms with Crippen LogP contribution in [0.25, 0.3) is 0 Å². The van der Waals surface area contributed by atoms with E-state index in [2.05, 4.69) is 34.6 Å². The lowest BCUT2D eigenvalue weighted by Gasteiger charge is -2.32. The number of hydrogen-bond acceptors (Lipinski definition) is 4. The molecule has 6 nitrogen and oxygen atoms in total. The highest BCUT2D eigenvalue weighted by Crippen LogP contribution is 2.33. The van der Waals surface area contributed by atoms with E-state index in [1.807, 2.05) is 6.92 Å². The number of pyridine rings is 1. The van der Waals surface area contributed by atoms with Crippen molar-refractivity contribution in [3.63, 3.8) is 0 Å². The monoisotopic (exact) mass is 368 g/mol. The van der Waals surface area contributed by atoms with Crippen LogP contribution in [-0.2, 0) is 4.74 Å². The van der Waals surface area contributed by atoms with E-state index in [1.165, 1.54) is 17.7 Å². The molecule has 1 saturated heterocycles. The van der Waals surface area contributed by atoms with Crippen molar-refractivity contribution in [2.45, 2.75) is 32.8 Å². The van der Waals surface area contributed by atoms with Crippen molar-refractivity contribution in [3.05, 3.63) is 64.5 Å². The number of ether oxygens (including phenoxy) is 1. The van der Waals surface area contributed by atoms with Gasteiger partial charge in [0.05, 0.1) is 17.4 Å². The molecule has 0 saturated carbocycles. The lowest BCUT2D eigenvalue weighted by Crippen LogP contribution is -2.35. The molecule has 1 aromatic heterocycles. The largest absolute Gasteiger partial charge is 0.478 e. The molecule has 0 bridgehead atoms. The Morgan fingerprint density at radius 2 is 1.93 bits per heavy atom. The Morgan fingerprint density at radius 1 is 1.19 bits per heavy atom. The molecular weight excluding hydrogens is 344 g/mol. The number of benzene rings is 1. The first kappa shape index (κ1) is 19.0. The highest BCUT2D eigenvalue weighted by Gasteiger charge is 2.28. The molecule has 3 rings (SSSR count). The molecule has 6 heteroatoms. The Bertz CT molecular complexity index is 833. The molecule has 0 radical (unpaired) electrons. The summed E-state index contributed by atoms with van der Waals surface area (Å²) in [6.45, 7) is 4.84. The molecule has 2 atom stereocenters. The van der Waals surface area contributed by atoms with Crippen molar-refractivity contribution >= 4 is 11.9 Å². The lowest BCUT2D eigenvalue weighted by molar-refractivity contribution is -0.0272. The van der Waals surface area contributed by atoms with E-state index in [0.717, 1.165) is 25.0 Å². The Balaban J connectivity index is 1.67. The van der Waals surface area contributed by atoms with Gasteiger partial charge in [-0.25, -0.2) is 9.78 Å². The van der Waals surface area contributed by atoms with Crippen LogP contribution in [0.2, 0.25) is 0 Å². The summed E-state index contributed by atoms with van der Waals surface area (Å²) in [6.07, 6.45) is 1.90. The highest BCUT2D eigenvalue weighted by molar-refractivity contribution is 5.94. The van der Waals surface area contributed by atoms with Gasteiger partial charge >= 0.3 is 5.97 Å². The predicted octanol–water partition coefficient (Wildman–Crippen LogP) is 3.29. The van der Waals surface area contributed by atoms with Crippen LogP contribution in [0.15, 0.2) is 36.4 Å². The average molecular weight is 368 g/mol. The molecule has 27 heavy (non-hydrogen) atoms. The summed E-state index contributed by atoms with van der Waals surface area (Å²) in [5.74, 6) is -1.17. The number of carbonyl (C=O) groups excluding carboxylic acids is 1. The van der Waals surface area contributed by atoms with Crippen molar-refractivity contribution in [2.75, 3.05) is 13.2 Å². The van der Waals surface area contributed by atoms with Gasteiger partial charge in [-0.05, 0) is 44.4 Å². The van der Waals surface area contributed by atoms with E-state index in [-0.39, 0.29) is 29.2 Å².